The maximum Gasteiger partial charge on any atom is 0.357 e. The topological polar surface area (TPSA) is 119 Å². The number of ether oxygens (including phenoxy) is 1. The lowest BCUT2D eigenvalue weighted by Gasteiger charge is -2.54. The van der Waals surface area contributed by atoms with E-state index in [0.29, 0.717) is 17.6 Å². The van der Waals surface area contributed by atoms with E-state index in [4.69, 9.17) is 15.0 Å². The number of rotatable bonds is 11. The minimum Gasteiger partial charge on any atom is -0.468 e. The van der Waals surface area contributed by atoms with Gasteiger partial charge in [0.25, 0.3) is 17.7 Å². The lowest BCUT2D eigenvalue weighted by molar-refractivity contribution is -0.149. The molecule has 4 N–H and O–H groups in total. The number of aromatic nitrogens is 1. The summed E-state index contributed by atoms with van der Waals surface area (Å²) >= 11 is 1.28. The molecule has 0 radical (unpaired) electrons. The molecular formula is C23H35ClF2N4O4S. The number of nitrogens with two attached hydrogens (primary N) is 1. The zero-order valence-electron chi connectivity index (χ0n) is 20.1. The molecule has 0 spiro atoms. The average Bonchev–Trinajstić information content (AvgIpc) is 3.19. The Morgan fingerprint density at radius 2 is 1.83 bits per heavy atom. The third-order valence-electron chi connectivity index (χ3n) is 7.06. The van der Waals surface area contributed by atoms with Crippen LogP contribution in [0.4, 0.5) is 8.78 Å². The van der Waals surface area contributed by atoms with Crippen molar-refractivity contribution in [2.75, 3.05) is 25.4 Å². The largest absolute Gasteiger partial charge is 0.468 e. The van der Waals surface area contributed by atoms with Gasteiger partial charge in [-0.05, 0) is 66.9 Å². The van der Waals surface area contributed by atoms with Gasteiger partial charge in [0, 0.05) is 24.9 Å². The maximum atomic E-state index is 14.2. The van der Waals surface area contributed by atoms with Gasteiger partial charge >= 0.3 is 5.92 Å². The minimum absolute atomic E-state index is 0. The molecule has 2 amide bonds. The molecule has 4 aliphatic rings. The van der Waals surface area contributed by atoms with Gasteiger partial charge in [0.2, 0.25) is 5.76 Å². The number of alkyl halides is 2. The molecule has 12 heteroatoms. The summed E-state index contributed by atoms with van der Waals surface area (Å²) in [5.74, 6) is -2.46. The van der Waals surface area contributed by atoms with Crippen molar-refractivity contribution < 1.29 is 27.6 Å². The normalized spacial score (nSPS) is 27.0. The van der Waals surface area contributed by atoms with E-state index in [1.165, 1.54) is 18.2 Å². The van der Waals surface area contributed by atoms with Crippen molar-refractivity contribution in [1.82, 2.24) is 15.8 Å². The standard InChI is InChI=1S/C23H34F2N4O4S.ClH/c1-12(2)10-34-19-18(33-29-21(19)32-11-23(24,25)22(31)27-4-3-26)20(30)28-17-15-6-13-5-14(8-15)9-16(17)7-13;/h12-17H,3-11,26H2,1-2H3,(H,27,31)(H,28,30);1H. The van der Waals surface area contributed by atoms with Gasteiger partial charge in [-0.15, -0.1) is 24.2 Å². The van der Waals surface area contributed by atoms with E-state index in [2.05, 4.69) is 15.8 Å². The Hall–Kier alpha value is -1.59. The first-order chi connectivity index (χ1) is 16.2. The maximum absolute atomic E-state index is 14.2. The molecule has 1 aromatic rings. The number of hydrogen-bond acceptors (Lipinski definition) is 7. The summed E-state index contributed by atoms with van der Waals surface area (Å²) in [5, 5.41) is 8.98. The Morgan fingerprint density at radius 1 is 1.20 bits per heavy atom. The van der Waals surface area contributed by atoms with Crippen LogP contribution in [0.1, 0.15) is 56.5 Å². The van der Waals surface area contributed by atoms with Gasteiger partial charge in [0.05, 0.1) is 0 Å². The minimum atomic E-state index is -3.78. The summed E-state index contributed by atoms with van der Waals surface area (Å²) in [7, 11) is 0. The first-order valence-corrected chi connectivity index (χ1v) is 13.1. The second-order valence-electron chi connectivity index (χ2n) is 10.3. The van der Waals surface area contributed by atoms with Gasteiger partial charge < -0.3 is 25.6 Å². The van der Waals surface area contributed by atoms with E-state index < -0.39 is 24.3 Å². The van der Waals surface area contributed by atoms with E-state index in [9.17, 15) is 18.4 Å². The molecule has 35 heavy (non-hydrogen) atoms. The van der Waals surface area contributed by atoms with E-state index >= 15 is 0 Å². The Bertz CT molecular complexity index is 873. The molecular weight excluding hydrogens is 502 g/mol. The van der Waals surface area contributed by atoms with Crippen LogP contribution in [0.25, 0.3) is 0 Å². The summed E-state index contributed by atoms with van der Waals surface area (Å²) in [6, 6.07) is 0.105. The molecule has 4 bridgehead atoms. The second-order valence-corrected chi connectivity index (χ2v) is 11.3. The lowest BCUT2D eigenvalue weighted by atomic mass is 9.54. The molecule has 4 aliphatic carbocycles. The van der Waals surface area contributed by atoms with Crippen molar-refractivity contribution in [2.24, 2.45) is 35.3 Å². The summed E-state index contributed by atoms with van der Waals surface area (Å²) in [6.07, 6.45) is 5.93. The predicted octanol–water partition coefficient (Wildman–Crippen LogP) is 3.49. The zero-order valence-corrected chi connectivity index (χ0v) is 21.7. The fraction of sp³-hybridized carbons (Fsp3) is 0.783. The van der Waals surface area contributed by atoms with Crippen LogP contribution < -0.4 is 21.1 Å². The van der Waals surface area contributed by atoms with Crippen molar-refractivity contribution >= 4 is 36.0 Å². The molecule has 5 rings (SSSR count). The van der Waals surface area contributed by atoms with Crippen molar-refractivity contribution in [3.05, 3.63) is 5.76 Å². The van der Waals surface area contributed by atoms with Crippen molar-refractivity contribution in [3.8, 4) is 5.88 Å². The number of hydrogen-bond donors (Lipinski definition) is 3. The van der Waals surface area contributed by atoms with E-state index in [1.54, 1.807) is 0 Å². The van der Waals surface area contributed by atoms with Gasteiger partial charge in [0.15, 0.2) is 6.61 Å². The van der Waals surface area contributed by atoms with Crippen molar-refractivity contribution in [2.45, 2.75) is 62.8 Å². The van der Waals surface area contributed by atoms with E-state index in [1.807, 2.05) is 13.8 Å². The zero-order chi connectivity index (χ0) is 24.5. The predicted molar refractivity (Wildman–Crippen MR) is 130 cm³/mol. The van der Waals surface area contributed by atoms with Gasteiger partial charge in [-0.3, -0.25) is 9.59 Å². The molecule has 0 atom stereocenters. The quantitative estimate of drug-likeness (QED) is 0.370. The van der Waals surface area contributed by atoms with Gasteiger partial charge in [-0.25, -0.2) is 0 Å². The SMILES string of the molecule is CC(C)CSc1c(OCC(F)(F)C(=O)NCCN)noc1C(=O)NC1C2CC3CC(C2)CC1C3.Cl. The molecule has 1 aromatic heterocycles. The molecule has 0 aliphatic heterocycles. The van der Waals surface area contributed by atoms with E-state index in [0.717, 1.165) is 37.5 Å². The molecule has 0 saturated heterocycles. The number of nitrogens with one attached hydrogen (secondary N) is 2. The number of nitrogens with zero attached hydrogens (tertiary/aromatic N) is 1. The number of amides is 2. The third kappa shape index (κ3) is 6.40. The monoisotopic (exact) mass is 536 g/mol. The molecule has 1 heterocycles. The fourth-order valence-corrected chi connectivity index (χ4v) is 6.78. The summed E-state index contributed by atoms with van der Waals surface area (Å²) in [6.45, 7) is 2.77. The number of thioether (sulfide) groups is 1. The molecule has 198 valence electrons. The number of halogens is 3. The highest BCUT2D eigenvalue weighted by Gasteiger charge is 2.49. The van der Waals surface area contributed by atoms with Crippen molar-refractivity contribution in [1.29, 1.82) is 0 Å². The Labute approximate surface area is 214 Å². The highest BCUT2D eigenvalue weighted by molar-refractivity contribution is 7.99. The summed E-state index contributed by atoms with van der Waals surface area (Å²) in [5.41, 5.74) is 5.25. The number of carbonyl (C=O) groups excluding carboxylic acids is 2. The van der Waals surface area contributed by atoms with Crippen LogP contribution in [-0.4, -0.2) is 54.4 Å². The summed E-state index contributed by atoms with van der Waals surface area (Å²) in [4.78, 5) is 25.2. The average molecular weight is 537 g/mol. The van der Waals surface area contributed by atoms with Crippen LogP contribution in [-0.2, 0) is 4.79 Å². The molecule has 0 aromatic carbocycles. The second kappa shape index (κ2) is 11.6. The Balaban J connectivity index is 0.00000342. The number of carbonyl (C=O) groups is 2. The highest BCUT2D eigenvalue weighted by atomic mass is 35.5. The molecule has 8 nitrogen and oxygen atoms in total. The van der Waals surface area contributed by atoms with Crippen LogP contribution in [0.15, 0.2) is 9.42 Å². The highest BCUT2D eigenvalue weighted by Crippen LogP contribution is 2.53. The van der Waals surface area contributed by atoms with Crippen LogP contribution in [0.2, 0.25) is 0 Å². The first-order valence-electron chi connectivity index (χ1n) is 12.1. The van der Waals surface area contributed by atoms with Gasteiger partial charge in [-0.1, -0.05) is 13.8 Å². The molecule has 4 saturated carbocycles. The smallest absolute Gasteiger partial charge is 0.357 e. The van der Waals surface area contributed by atoms with Crippen molar-refractivity contribution in [3.63, 3.8) is 0 Å². The molecule has 0 unspecified atom stereocenters. The van der Waals surface area contributed by atoms with Crippen LogP contribution in [0.5, 0.6) is 5.88 Å². The van der Waals surface area contributed by atoms with Gasteiger partial charge in [-0.2, -0.15) is 8.78 Å². The van der Waals surface area contributed by atoms with Crippen LogP contribution >= 0.6 is 24.2 Å². The summed E-state index contributed by atoms with van der Waals surface area (Å²) < 4.78 is 38.9. The third-order valence-corrected chi connectivity index (χ3v) is 8.55. The van der Waals surface area contributed by atoms with Crippen LogP contribution in [0.3, 0.4) is 0 Å². The first kappa shape index (κ1) is 28.0. The van der Waals surface area contributed by atoms with E-state index in [-0.39, 0.29) is 54.0 Å². The fourth-order valence-electron chi connectivity index (χ4n) is 5.80. The Kier molecular flexibility index (Phi) is 9.31. The Morgan fingerprint density at radius 3 is 2.40 bits per heavy atom. The van der Waals surface area contributed by atoms with Gasteiger partial charge in [0.1, 0.15) is 4.90 Å². The van der Waals surface area contributed by atoms with Crippen LogP contribution in [0, 0.1) is 29.6 Å². The molecule has 4 fully saturated rings. The lowest BCUT2D eigenvalue weighted by Crippen LogP contribution is -2.55.